The van der Waals surface area contributed by atoms with E-state index in [1.165, 1.54) is 0 Å². The van der Waals surface area contributed by atoms with Crippen LogP contribution in [0.1, 0.15) is 34.1 Å². The normalized spacial score (nSPS) is 16.1. The van der Waals surface area contributed by atoms with Crippen molar-refractivity contribution in [3.63, 3.8) is 0 Å². The molecule has 5 heteroatoms. The van der Waals surface area contributed by atoms with Gasteiger partial charge in [0, 0.05) is 18.3 Å². The third-order valence-electron chi connectivity index (χ3n) is 2.62. The lowest BCUT2D eigenvalue weighted by Crippen LogP contribution is -2.40. The lowest BCUT2D eigenvalue weighted by Gasteiger charge is -2.33. The fourth-order valence-corrected chi connectivity index (χ4v) is 2.88. The van der Waals surface area contributed by atoms with Crippen molar-refractivity contribution in [2.45, 2.75) is 50.6 Å². The van der Waals surface area contributed by atoms with Crippen LogP contribution in [0.5, 0.6) is 0 Å². The topological polar surface area (TPSA) is 56.7 Å². The molecule has 0 fully saturated rings. The first-order valence-corrected chi connectivity index (χ1v) is 6.50. The Morgan fingerprint density at radius 2 is 2.12 bits per heavy atom. The Balaban J connectivity index is 2.84. The number of hydrogen-bond acceptors (Lipinski definition) is 4. The van der Waals surface area contributed by atoms with Gasteiger partial charge in [0.2, 0.25) is 0 Å². The molecule has 0 spiro atoms. The van der Waals surface area contributed by atoms with Gasteiger partial charge in [0.1, 0.15) is 6.33 Å². The van der Waals surface area contributed by atoms with E-state index in [0.717, 1.165) is 11.6 Å². The first-order valence-electron chi connectivity index (χ1n) is 5.62. The highest BCUT2D eigenvalue weighted by atomic mass is 32.2. The van der Waals surface area contributed by atoms with E-state index < -0.39 is 0 Å². The Morgan fingerprint density at radius 1 is 1.50 bits per heavy atom. The highest BCUT2D eigenvalue weighted by molar-refractivity contribution is 7.99. The summed E-state index contributed by atoms with van der Waals surface area (Å²) in [5.41, 5.74) is 6.35. The number of rotatable bonds is 4. The van der Waals surface area contributed by atoms with Gasteiger partial charge in [0.05, 0.1) is 0 Å². The summed E-state index contributed by atoms with van der Waals surface area (Å²) >= 11 is 1.73. The van der Waals surface area contributed by atoms with Crippen LogP contribution in [0.4, 0.5) is 0 Å². The second-order valence-corrected chi connectivity index (χ2v) is 6.25. The van der Waals surface area contributed by atoms with Crippen LogP contribution in [0, 0.1) is 5.41 Å². The van der Waals surface area contributed by atoms with Crippen molar-refractivity contribution in [1.82, 2.24) is 14.8 Å². The van der Waals surface area contributed by atoms with Crippen molar-refractivity contribution >= 4 is 11.8 Å². The average molecular weight is 242 g/mol. The van der Waals surface area contributed by atoms with Crippen LogP contribution in [0.3, 0.4) is 0 Å². The van der Waals surface area contributed by atoms with Gasteiger partial charge >= 0.3 is 0 Å². The standard InChI is InChI=1S/C11H22N4S/c1-6-8(12)9(11(2,3)4)16-10-13-7-14-15(10)5/h7-9H,6,12H2,1-5H3. The van der Waals surface area contributed by atoms with E-state index in [0.29, 0.717) is 5.25 Å². The quantitative estimate of drug-likeness (QED) is 0.821. The molecule has 0 aliphatic rings. The molecule has 2 atom stereocenters. The molecule has 1 rings (SSSR count). The van der Waals surface area contributed by atoms with Gasteiger partial charge in [-0.2, -0.15) is 5.10 Å². The highest BCUT2D eigenvalue weighted by Crippen LogP contribution is 2.36. The van der Waals surface area contributed by atoms with Gasteiger partial charge in [-0.25, -0.2) is 9.67 Å². The zero-order valence-electron chi connectivity index (χ0n) is 10.8. The van der Waals surface area contributed by atoms with Crippen LogP contribution in [-0.2, 0) is 7.05 Å². The summed E-state index contributed by atoms with van der Waals surface area (Å²) in [6.07, 6.45) is 2.56. The molecule has 2 unspecified atom stereocenters. The Labute approximate surface area is 102 Å². The maximum Gasteiger partial charge on any atom is 0.186 e. The van der Waals surface area contributed by atoms with Gasteiger partial charge in [-0.3, -0.25) is 0 Å². The second-order valence-electron chi connectivity index (χ2n) is 5.14. The average Bonchev–Trinajstić information content (AvgIpc) is 2.57. The molecule has 1 aromatic heterocycles. The summed E-state index contributed by atoms with van der Waals surface area (Å²) in [7, 11) is 1.91. The highest BCUT2D eigenvalue weighted by Gasteiger charge is 2.31. The van der Waals surface area contributed by atoms with E-state index in [1.54, 1.807) is 22.8 Å². The molecule has 16 heavy (non-hydrogen) atoms. The van der Waals surface area contributed by atoms with Crippen molar-refractivity contribution < 1.29 is 0 Å². The van der Waals surface area contributed by atoms with Crippen LogP contribution in [-0.4, -0.2) is 26.1 Å². The molecular weight excluding hydrogens is 220 g/mol. The molecular formula is C11H22N4S. The molecule has 4 nitrogen and oxygen atoms in total. The Bertz CT molecular complexity index is 329. The maximum atomic E-state index is 6.19. The molecule has 0 bridgehead atoms. The minimum atomic E-state index is 0.159. The fourth-order valence-electron chi connectivity index (χ4n) is 1.63. The molecule has 92 valence electrons. The minimum absolute atomic E-state index is 0.159. The first kappa shape index (κ1) is 13.5. The maximum absolute atomic E-state index is 6.19. The lowest BCUT2D eigenvalue weighted by atomic mass is 9.87. The van der Waals surface area contributed by atoms with E-state index in [-0.39, 0.29) is 11.5 Å². The third kappa shape index (κ3) is 3.22. The molecule has 0 aromatic carbocycles. The van der Waals surface area contributed by atoms with Crippen LogP contribution in [0.15, 0.2) is 11.5 Å². The second kappa shape index (κ2) is 5.19. The number of aryl methyl sites for hydroxylation is 1. The number of nitrogens with zero attached hydrogens (tertiary/aromatic N) is 3. The van der Waals surface area contributed by atoms with Crippen molar-refractivity contribution in [2.24, 2.45) is 18.2 Å². The molecule has 0 saturated heterocycles. The van der Waals surface area contributed by atoms with Gasteiger partial charge in [-0.15, -0.1) is 0 Å². The van der Waals surface area contributed by atoms with Gasteiger partial charge in [-0.05, 0) is 11.8 Å². The van der Waals surface area contributed by atoms with Crippen molar-refractivity contribution in [2.75, 3.05) is 0 Å². The number of nitrogens with two attached hydrogens (primary N) is 1. The fraction of sp³-hybridized carbons (Fsp3) is 0.818. The molecule has 1 heterocycles. The van der Waals surface area contributed by atoms with E-state index in [2.05, 4.69) is 37.8 Å². The van der Waals surface area contributed by atoms with Gasteiger partial charge in [-0.1, -0.05) is 39.5 Å². The predicted octanol–water partition coefficient (Wildman–Crippen LogP) is 2.06. The van der Waals surface area contributed by atoms with Gasteiger partial charge in [0.15, 0.2) is 5.16 Å². The van der Waals surface area contributed by atoms with Crippen LogP contribution in [0.2, 0.25) is 0 Å². The van der Waals surface area contributed by atoms with Crippen LogP contribution in [0.25, 0.3) is 0 Å². The zero-order valence-corrected chi connectivity index (χ0v) is 11.6. The summed E-state index contributed by atoms with van der Waals surface area (Å²) in [5.74, 6) is 0. The summed E-state index contributed by atoms with van der Waals surface area (Å²) < 4.78 is 1.80. The number of aromatic nitrogens is 3. The molecule has 0 saturated carbocycles. The molecule has 0 aliphatic heterocycles. The van der Waals surface area contributed by atoms with E-state index in [1.807, 2.05) is 7.05 Å². The van der Waals surface area contributed by atoms with E-state index >= 15 is 0 Å². The third-order valence-corrected chi connectivity index (χ3v) is 4.51. The Hall–Kier alpha value is -0.550. The Kier molecular flexibility index (Phi) is 4.38. The largest absolute Gasteiger partial charge is 0.327 e. The predicted molar refractivity (Wildman–Crippen MR) is 68.4 cm³/mol. The molecule has 1 aromatic rings. The minimum Gasteiger partial charge on any atom is -0.327 e. The van der Waals surface area contributed by atoms with E-state index in [9.17, 15) is 0 Å². The van der Waals surface area contributed by atoms with E-state index in [4.69, 9.17) is 5.73 Å². The summed E-state index contributed by atoms with van der Waals surface area (Å²) in [4.78, 5) is 4.25. The SMILES string of the molecule is CCC(N)C(Sc1ncnn1C)C(C)(C)C. The van der Waals surface area contributed by atoms with Crippen molar-refractivity contribution in [3.05, 3.63) is 6.33 Å². The molecule has 0 aliphatic carbocycles. The van der Waals surface area contributed by atoms with Crippen LogP contribution < -0.4 is 5.73 Å². The van der Waals surface area contributed by atoms with Gasteiger partial charge < -0.3 is 5.73 Å². The summed E-state index contributed by atoms with van der Waals surface area (Å²) in [6.45, 7) is 8.78. The van der Waals surface area contributed by atoms with Crippen molar-refractivity contribution in [1.29, 1.82) is 0 Å². The van der Waals surface area contributed by atoms with Gasteiger partial charge in [0.25, 0.3) is 0 Å². The van der Waals surface area contributed by atoms with Crippen LogP contribution >= 0.6 is 11.8 Å². The summed E-state index contributed by atoms with van der Waals surface area (Å²) in [6, 6.07) is 0.182. The molecule has 0 amide bonds. The zero-order chi connectivity index (χ0) is 12.3. The molecule has 2 N–H and O–H groups in total. The Morgan fingerprint density at radius 3 is 2.50 bits per heavy atom. The van der Waals surface area contributed by atoms with Crippen molar-refractivity contribution in [3.8, 4) is 0 Å². The number of hydrogen-bond donors (Lipinski definition) is 1. The monoisotopic (exact) mass is 242 g/mol. The number of thioether (sulfide) groups is 1. The smallest absolute Gasteiger partial charge is 0.186 e. The molecule has 0 radical (unpaired) electrons. The first-order chi connectivity index (χ1) is 7.36. The lowest BCUT2D eigenvalue weighted by molar-refractivity contribution is 0.349. The summed E-state index contributed by atoms with van der Waals surface area (Å²) in [5, 5.41) is 5.36.